The zero-order chi connectivity index (χ0) is 31.2. The van der Waals surface area contributed by atoms with E-state index < -0.39 is 73.1 Å². The van der Waals surface area contributed by atoms with Gasteiger partial charge in [-0.25, -0.2) is 34.4 Å². The van der Waals surface area contributed by atoms with Crippen LogP contribution in [0.25, 0.3) is 0 Å². The fourth-order valence-electron chi connectivity index (χ4n) is 3.56. The van der Waals surface area contributed by atoms with Gasteiger partial charge in [-0.05, 0) is 67.9 Å². The first-order valence-corrected chi connectivity index (χ1v) is 16.2. The fraction of sp³-hybridized carbons (Fsp3) is 0.417. The van der Waals surface area contributed by atoms with Crippen LogP contribution >= 0.6 is 39.1 Å². The average molecular weight is 726 g/mol. The molecule has 2 aliphatic heterocycles. The van der Waals surface area contributed by atoms with Crippen LogP contribution in [0.1, 0.15) is 56.4 Å². The van der Waals surface area contributed by atoms with Crippen LogP contribution in [0, 0.1) is 23.3 Å². The molecule has 41 heavy (non-hydrogen) atoms. The van der Waals surface area contributed by atoms with Crippen molar-refractivity contribution in [1.82, 2.24) is 0 Å². The largest absolute Gasteiger partial charge is 0.389 e. The molecule has 0 aromatic heterocycles. The predicted molar refractivity (Wildman–Crippen MR) is 150 cm³/mol. The maximum atomic E-state index is 13.8. The van der Waals surface area contributed by atoms with Gasteiger partial charge in [-0.2, -0.15) is 0 Å². The van der Waals surface area contributed by atoms with Crippen LogP contribution in [-0.4, -0.2) is 38.1 Å². The molecule has 2 aliphatic rings. The van der Waals surface area contributed by atoms with E-state index in [4.69, 9.17) is 32.9 Å². The Bertz CT molecular complexity index is 1590. The molecule has 2 heterocycles. The second-order valence-electron chi connectivity index (χ2n) is 10.1. The molecule has 0 N–H and O–H groups in total. The van der Waals surface area contributed by atoms with E-state index in [9.17, 15) is 34.4 Å². The second-order valence-corrected chi connectivity index (χ2v) is 17.9. The van der Waals surface area contributed by atoms with Crippen LogP contribution < -0.4 is 0 Å². The first-order chi connectivity index (χ1) is 18.6. The minimum absolute atomic E-state index is 0.00533. The van der Waals surface area contributed by atoms with Crippen molar-refractivity contribution in [2.75, 3.05) is 0 Å². The van der Waals surface area contributed by atoms with Gasteiger partial charge in [0.15, 0.2) is 14.8 Å². The van der Waals surface area contributed by atoms with E-state index in [1.54, 1.807) is 27.7 Å². The summed E-state index contributed by atoms with van der Waals surface area (Å²) in [5.74, 6) is -4.20. The summed E-state index contributed by atoms with van der Waals surface area (Å²) in [6, 6.07) is 5.97. The third-order valence-corrected chi connectivity index (χ3v) is 12.4. The number of benzene rings is 2. The minimum atomic E-state index is -4.38. The van der Waals surface area contributed by atoms with Crippen LogP contribution in [0.4, 0.5) is 17.6 Å². The summed E-state index contributed by atoms with van der Waals surface area (Å²) in [5.41, 5.74) is -3.12. The first kappa shape index (κ1) is 33.6. The molecule has 226 valence electrons. The molecule has 2 unspecified atom stereocenters. The van der Waals surface area contributed by atoms with Crippen molar-refractivity contribution in [3.63, 3.8) is 0 Å². The molecular weight excluding hydrogens is 703 g/mol. The summed E-state index contributed by atoms with van der Waals surface area (Å²) in [5, 5.41) is 6.26. The number of nitrogens with zero attached hydrogens (tertiary/aromatic N) is 2. The van der Waals surface area contributed by atoms with Gasteiger partial charge in [0.05, 0.1) is 11.1 Å². The van der Waals surface area contributed by atoms with E-state index in [0.717, 1.165) is 36.4 Å². The number of oxime groups is 2. The fourth-order valence-corrected chi connectivity index (χ4v) is 8.36. The number of alkyl halides is 3. The van der Waals surface area contributed by atoms with Crippen LogP contribution in [0.3, 0.4) is 0 Å². The molecule has 0 spiro atoms. The summed E-state index contributed by atoms with van der Waals surface area (Å²) in [6.45, 7) is 6.55. The van der Waals surface area contributed by atoms with Crippen LogP contribution in [0.2, 0.25) is 0 Å². The molecule has 0 fully saturated rings. The molecular formula is C24H23BrCl2F4N2O6S2. The number of rotatable bonds is 4. The summed E-state index contributed by atoms with van der Waals surface area (Å²) < 4.78 is 100. The smallest absolute Gasteiger partial charge is 0.235 e. The van der Waals surface area contributed by atoms with Gasteiger partial charge in [-0.15, -0.1) is 0 Å². The van der Waals surface area contributed by atoms with Crippen LogP contribution in [0.5, 0.6) is 0 Å². The molecule has 17 heteroatoms. The van der Waals surface area contributed by atoms with Crippen molar-refractivity contribution in [2.24, 2.45) is 10.3 Å². The van der Waals surface area contributed by atoms with Gasteiger partial charge in [0.1, 0.15) is 34.5 Å². The molecule has 0 bridgehead atoms. The highest BCUT2D eigenvalue weighted by Crippen LogP contribution is 2.46. The number of sulfone groups is 2. The molecule has 2 atom stereocenters. The lowest BCUT2D eigenvalue weighted by Gasteiger charge is -2.22. The Morgan fingerprint density at radius 2 is 1.22 bits per heavy atom. The van der Waals surface area contributed by atoms with Crippen molar-refractivity contribution in [3.8, 4) is 0 Å². The Hall–Kier alpha value is -1.94. The van der Waals surface area contributed by atoms with Crippen molar-refractivity contribution in [1.29, 1.82) is 0 Å². The van der Waals surface area contributed by atoms with Gasteiger partial charge in [0.2, 0.25) is 22.8 Å². The highest BCUT2D eigenvalue weighted by molar-refractivity contribution is 9.12. The van der Waals surface area contributed by atoms with Gasteiger partial charge in [0, 0.05) is 12.8 Å². The Labute approximate surface area is 252 Å². The van der Waals surface area contributed by atoms with Gasteiger partial charge in [0.25, 0.3) is 0 Å². The lowest BCUT2D eigenvalue weighted by atomic mass is 10.1. The monoisotopic (exact) mass is 724 g/mol. The summed E-state index contributed by atoms with van der Waals surface area (Å²) >= 11 is 14.4. The molecule has 2 aromatic carbocycles. The van der Waals surface area contributed by atoms with E-state index in [0.29, 0.717) is 0 Å². The van der Waals surface area contributed by atoms with Gasteiger partial charge in [-0.1, -0.05) is 45.6 Å². The molecule has 0 saturated heterocycles. The van der Waals surface area contributed by atoms with E-state index in [1.165, 1.54) is 0 Å². The Morgan fingerprint density at radius 3 is 1.61 bits per heavy atom. The number of halogens is 7. The maximum Gasteiger partial charge on any atom is 0.235 e. The molecule has 2 aromatic rings. The molecule has 0 amide bonds. The quantitative estimate of drug-likeness (QED) is 0.254. The second kappa shape index (κ2) is 11.6. The third-order valence-electron chi connectivity index (χ3n) is 5.67. The number of hydrogen-bond acceptors (Lipinski definition) is 8. The van der Waals surface area contributed by atoms with Crippen molar-refractivity contribution < 1.29 is 44.1 Å². The summed E-state index contributed by atoms with van der Waals surface area (Å²) in [4.78, 5) is 9.92. The highest BCUT2D eigenvalue weighted by atomic mass is 79.9. The van der Waals surface area contributed by atoms with Crippen LogP contribution in [-0.2, 0) is 32.5 Å². The van der Waals surface area contributed by atoms with Crippen LogP contribution in [0.15, 0.2) is 46.7 Å². The zero-order valence-corrected chi connectivity index (χ0v) is 26.5. The molecule has 4 rings (SSSR count). The Morgan fingerprint density at radius 1 is 0.829 bits per heavy atom. The van der Waals surface area contributed by atoms with Crippen molar-refractivity contribution in [3.05, 3.63) is 70.8 Å². The van der Waals surface area contributed by atoms with E-state index in [-0.39, 0.29) is 22.9 Å². The molecule has 0 radical (unpaired) electrons. The highest BCUT2D eigenvalue weighted by Gasteiger charge is 2.51. The lowest BCUT2D eigenvalue weighted by molar-refractivity contribution is 0.0120. The van der Waals surface area contributed by atoms with E-state index in [1.807, 2.05) is 0 Å². The Kier molecular flexibility index (Phi) is 9.51. The van der Waals surface area contributed by atoms with Crippen molar-refractivity contribution in [2.45, 2.75) is 59.6 Å². The average Bonchev–Trinajstić information content (AvgIpc) is 3.40. The molecule has 0 saturated carbocycles. The molecule has 8 nitrogen and oxygen atoms in total. The summed E-state index contributed by atoms with van der Waals surface area (Å²) in [7, 11) is -8.58. The van der Waals surface area contributed by atoms with Crippen molar-refractivity contribution >= 4 is 68.9 Å². The first-order valence-electron chi connectivity index (χ1n) is 11.5. The topological polar surface area (TPSA) is 111 Å². The van der Waals surface area contributed by atoms with Gasteiger partial charge in [-0.3, -0.25) is 0 Å². The maximum absolute atomic E-state index is 13.8. The SMILES string of the molecule is CC1(C)CC(S(=O)(=O)C(Cl)(Br)c2c(F)cccc2F)=NO1.CC1(C)CC(S(=O)(=O)C(Cl)c2c(F)cccc2F)=NO1. The standard InChI is InChI=1S/C12H11BrClF2NO3S.C12H12ClF2NO3S/c1-11(2)6-9(17-20-11)21(18,19)12(13,14)10-7(15)4-3-5-8(10)16;1-12(2)6-9(16-19-12)20(17,18)11(13)10-7(14)4-3-5-8(10)15/h3-5H,6H2,1-2H3;3-5,11H,6H2,1-2H3. The summed E-state index contributed by atoms with van der Waals surface area (Å²) in [6.07, 6.45) is -0.0555. The van der Waals surface area contributed by atoms with Gasteiger partial charge < -0.3 is 9.68 Å². The zero-order valence-electron chi connectivity index (χ0n) is 21.8. The third kappa shape index (κ3) is 6.84. The Balaban J connectivity index is 0.000000226. The normalized spacial score (nSPS) is 20.0. The number of hydrogen-bond donors (Lipinski definition) is 0. The van der Waals surface area contributed by atoms with E-state index >= 15 is 0 Å². The predicted octanol–water partition coefficient (Wildman–Crippen LogP) is 6.77. The minimum Gasteiger partial charge on any atom is -0.389 e. The molecule has 0 aliphatic carbocycles. The van der Waals surface area contributed by atoms with E-state index in [2.05, 4.69) is 26.2 Å². The lowest BCUT2D eigenvalue weighted by Crippen LogP contribution is -2.33. The van der Waals surface area contributed by atoms with Gasteiger partial charge >= 0.3 is 0 Å².